The lowest BCUT2D eigenvalue weighted by Gasteiger charge is -2.22. The van der Waals surface area contributed by atoms with Gasteiger partial charge < -0.3 is 0 Å². The van der Waals surface area contributed by atoms with Gasteiger partial charge in [0, 0.05) is 23.0 Å². The van der Waals surface area contributed by atoms with Crippen LogP contribution in [-0.2, 0) is 0 Å². The lowest BCUT2D eigenvalue weighted by atomic mass is 10.5. The van der Waals surface area contributed by atoms with Gasteiger partial charge in [0.25, 0.3) is 0 Å². The van der Waals surface area contributed by atoms with Crippen molar-refractivity contribution in [1.82, 2.24) is 22.4 Å². The lowest BCUT2D eigenvalue weighted by molar-refractivity contribution is 0.966. The van der Waals surface area contributed by atoms with Crippen molar-refractivity contribution in [2.75, 3.05) is 23.0 Å². The molecular weight excluding hydrogens is 454 g/mol. The Hall–Kier alpha value is 0.480. The van der Waals surface area contributed by atoms with Crippen molar-refractivity contribution in [3.05, 3.63) is 16.9 Å². The third-order valence-corrected chi connectivity index (χ3v) is 7.64. The second-order valence-corrected chi connectivity index (χ2v) is 10.4. The van der Waals surface area contributed by atoms with Crippen LogP contribution in [0.5, 0.6) is 0 Å². The molecule has 0 radical (unpaired) electrons. The van der Waals surface area contributed by atoms with Crippen LogP contribution in [-0.4, -0.2) is 55.4 Å². The van der Waals surface area contributed by atoms with Crippen molar-refractivity contribution in [3.8, 4) is 0 Å². The van der Waals surface area contributed by atoms with Crippen molar-refractivity contribution in [3.63, 3.8) is 0 Å². The lowest BCUT2D eigenvalue weighted by Crippen LogP contribution is -2.25. The van der Waals surface area contributed by atoms with E-state index in [0.717, 1.165) is 23.0 Å². The quantitative estimate of drug-likeness (QED) is 0.334. The monoisotopic (exact) mass is 473 g/mol. The van der Waals surface area contributed by atoms with Crippen LogP contribution in [0, 0.1) is 0 Å². The van der Waals surface area contributed by atoms with Crippen LogP contribution in [0.1, 0.15) is 39.3 Å². The first-order valence-corrected chi connectivity index (χ1v) is 12.6. The number of halogens is 1. The number of hydrogen-bond acceptors (Lipinski definition) is 9. The van der Waals surface area contributed by atoms with Crippen LogP contribution < -0.4 is 0 Å². The second kappa shape index (κ2) is 12.8. The Labute approximate surface area is 182 Å². The highest BCUT2D eigenvalue weighted by Crippen LogP contribution is 2.26. The van der Waals surface area contributed by atoms with Crippen molar-refractivity contribution in [2.24, 2.45) is 0 Å². The van der Waals surface area contributed by atoms with Crippen LogP contribution in [0.4, 0.5) is 0 Å². The Morgan fingerprint density at radius 2 is 1.08 bits per heavy atom. The molecule has 1 rings (SSSR count). The minimum absolute atomic E-state index is 0.0931. The second-order valence-electron chi connectivity index (χ2n) is 4.05. The summed E-state index contributed by atoms with van der Waals surface area (Å²) in [5, 5.41) is 0.0931. The summed E-state index contributed by atoms with van der Waals surface area (Å²) >= 11 is 23.6. The Balaban J connectivity index is 3.12. The highest BCUT2D eigenvalue weighted by atomic mass is 35.5. The van der Waals surface area contributed by atoms with Gasteiger partial charge in [0.05, 0.1) is 0 Å². The summed E-state index contributed by atoms with van der Waals surface area (Å²) in [7, 11) is 0. The molecule has 5 nitrogen and oxygen atoms in total. The maximum absolute atomic E-state index is 6.11. The van der Waals surface area contributed by atoms with Gasteiger partial charge in [-0.25, -0.2) is 12.4 Å². The van der Waals surface area contributed by atoms with E-state index in [9.17, 15) is 0 Å². The average Bonchev–Trinajstić information content (AvgIpc) is 2.59. The van der Waals surface area contributed by atoms with Gasteiger partial charge in [-0.1, -0.05) is 52.1 Å². The molecule has 140 valence electrons. The van der Waals surface area contributed by atoms with E-state index in [4.69, 9.17) is 36.0 Å². The first-order valence-electron chi connectivity index (χ1n) is 7.60. The third-order valence-electron chi connectivity index (χ3n) is 2.31. The smallest absolute Gasteiger partial charge is 0.226 e. The summed E-state index contributed by atoms with van der Waals surface area (Å²) in [5.41, 5.74) is 0. The number of thiocarbonyl (C=S) groups is 2. The maximum atomic E-state index is 6.11. The minimum atomic E-state index is 0.0931. The Bertz CT molecular complexity index is 532. The van der Waals surface area contributed by atoms with E-state index in [0.29, 0.717) is 21.6 Å². The van der Waals surface area contributed by atoms with Gasteiger partial charge in [0.1, 0.15) is 0 Å². The van der Waals surface area contributed by atoms with Crippen molar-refractivity contribution >= 4 is 93.8 Å². The molecule has 12 heteroatoms. The predicted molar refractivity (Wildman–Crippen MR) is 124 cm³/mol. The molecule has 0 aliphatic rings. The summed E-state index contributed by atoms with van der Waals surface area (Å²) in [6, 6.07) is 0. The summed E-state index contributed by atoms with van der Waals surface area (Å²) in [5.74, 6) is 4.32. The molecule has 1 aromatic heterocycles. The summed E-state index contributed by atoms with van der Waals surface area (Å²) in [6.07, 6.45) is 0. The van der Waals surface area contributed by atoms with Crippen molar-refractivity contribution < 1.29 is 0 Å². The molecule has 0 saturated heterocycles. The molecule has 0 unspecified atom stereocenters. The molecule has 0 aliphatic heterocycles. The first-order chi connectivity index (χ1) is 12.0. The molecule has 1 heterocycles. The number of nitrogens with zero attached hydrogens (tertiary/aromatic N) is 5. The average molecular weight is 474 g/mol. The molecule has 0 N–H and O–H groups in total. The normalized spacial score (nSPS) is 10.6. The molecule has 25 heavy (non-hydrogen) atoms. The van der Waals surface area contributed by atoms with Crippen LogP contribution in [0.25, 0.3) is 0 Å². The molecule has 0 aliphatic carbocycles. The maximum Gasteiger partial charge on any atom is 0.226 e. The number of rotatable bonds is 10. The van der Waals surface area contributed by atoms with Gasteiger partial charge in [-0.15, -0.1) is 0 Å². The Kier molecular flexibility index (Phi) is 12.0. The van der Waals surface area contributed by atoms with E-state index < -0.39 is 0 Å². The zero-order valence-electron chi connectivity index (χ0n) is 14.4. The fraction of sp³-hybridized carbons (Fsp3) is 0.615. The Morgan fingerprint density at radius 3 is 1.36 bits per heavy atom. The molecule has 1 aromatic rings. The van der Waals surface area contributed by atoms with Gasteiger partial charge in [-0.3, -0.25) is 0 Å². The number of hydrogen-bond donors (Lipinski definition) is 0. The summed E-state index contributed by atoms with van der Waals surface area (Å²) in [4.78, 5) is 13.9. The van der Waals surface area contributed by atoms with E-state index in [1.54, 1.807) is 47.8 Å². The highest BCUT2D eigenvalue weighted by Gasteiger charge is 2.21. The molecule has 0 amide bonds. The molecule has 0 aromatic carbocycles. The third kappa shape index (κ3) is 7.55. The highest BCUT2D eigenvalue weighted by molar-refractivity contribution is 8.14. The molecule has 0 bridgehead atoms. The SMILES string of the molecule is CCSN(SCC)C(=S)c1nc(Cl)nc(C(=S)N(SCC)SCC)n1. The fourth-order valence-electron chi connectivity index (χ4n) is 1.48. The van der Waals surface area contributed by atoms with Crippen LogP contribution in [0.15, 0.2) is 0 Å². The Morgan fingerprint density at radius 1 is 0.760 bits per heavy atom. The van der Waals surface area contributed by atoms with E-state index >= 15 is 0 Å². The number of aromatic nitrogens is 3. The molecule has 0 atom stereocenters. The molecule has 0 fully saturated rings. The van der Waals surface area contributed by atoms with Gasteiger partial charge in [0.2, 0.25) is 5.28 Å². The standard InChI is InChI=1S/C13H20ClN5S6/c1-5-22-18(23-6-2)11(20)9-15-10(17-13(14)16-9)12(21)19(24-7-3)25-8-4/h5-8H2,1-4H3. The molecule has 0 saturated carbocycles. The van der Waals surface area contributed by atoms with E-state index in [1.807, 2.05) is 7.42 Å². The van der Waals surface area contributed by atoms with Gasteiger partial charge in [-0.05, 0) is 59.4 Å². The van der Waals surface area contributed by atoms with E-state index in [-0.39, 0.29) is 5.28 Å². The van der Waals surface area contributed by atoms with Crippen LogP contribution >= 0.6 is 83.8 Å². The zero-order chi connectivity index (χ0) is 18.8. The van der Waals surface area contributed by atoms with Crippen molar-refractivity contribution in [2.45, 2.75) is 27.7 Å². The van der Waals surface area contributed by atoms with Gasteiger partial charge in [0.15, 0.2) is 21.6 Å². The fourth-order valence-corrected chi connectivity index (χ4v) is 6.05. The largest absolute Gasteiger partial charge is 0.244 e. The van der Waals surface area contributed by atoms with E-state index in [1.165, 1.54) is 0 Å². The first kappa shape index (κ1) is 23.5. The van der Waals surface area contributed by atoms with E-state index in [2.05, 4.69) is 42.6 Å². The van der Waals surface area contributed by atoms with Crippen LogP contribution in [0.2, 0.25) is 5.28 Å². The summed E-state index contributed by atoms with van der Waals surface area (Å²) < 4.78 is 3.88. The summed E-state index contributed by atoms with van der Waals surface area (Å²) in [6.45, 7) is 8.27. The predicted octanol–water partition coefficient (Wildman–Crippen LogP) is 5.15. The van der Waals surface area contributed by atoms with Crippen LogP contribution in [0.3, 0.4) is 0 Å². The topological polar surface area (TPSA) is 45.2 Å². The van der Waals surface area contributed by atoms with Gasteiger partial charge >= 0.3 is 0 Å². The minimum Gasteiger partial charge on any atom is -0.244 e. The van der Waals surface area contributed by atoms with Gasteiger partial charge in [-0.2, -0.15) is 9.97 Å². The zero-order valence-corrected chi connectivity index (χ0v) is 20.0. The molecular formula is C13H20ClN5S6. The van der Waals surface area contributed by atoms with Crippen molar-refractivity contribution in [1.29, 1.82) is 0 Å². The molecule has 0 spiro atoms.